The lowest BCUT2D eigenvalue weighted by Crippen LogP contribution is -2.06. The predicted octanol–water partition coefficient (Wildman–Crippen LogP) is 3.80. The number of aryl methyl sites for hydroxylation is 2. The minimum atomic E-state index is -1.53. The third kappa shape index (κ3) is 2.63. The van der Waals surface area contributed by atoms with E-state index in [9.17, 15) is 18.3 Å². The Kier molecular flexibility index (Phi) is 3.62. The lowest BCUT2D eigenvalue weighted by molar-refractivity contribution is 0.209. The van der Waals surface area contributed by atoms with Crippen LogP contribution in [0.15, 0.2) is 30.3 Å². The second kappa shape index (κ2) is 5.05. The predicted molar refractivity (Wildman–Crippen MR) is 66.3 cm³/mol. The molecule has 0 amide bonds. The van der Waals surface area contributed by atoms with Gasteiger partial charge in [-0.15, -0.1) is 0 Å². The van der Waals surface area contributed by atoms with Gasteiger partial charge in [-0.2, -0.15) is 0 Å². The molecule has 2 rings (SSSR count). The molecule has 0 spiro atoms. The molecular weight excluding hydrogens is 253 g/mol. The second-order valence-corrected chi connectivity index (χ2v) is 4.55. The average molecular weight is 266 g/mol. The van der Waals surface area contributed by atoms with E-state index in [0.717, 1.165) is 17.7 Å². The fourth-order valence-corrected chi connectivity index (χ4v) is 1.91. The summed E-state index contributed by atoms with van der Waals surface area (Å²) in [4.78, 5) is 0. The van der Waals surface area contributed by atoms with E-state index in [1.165, 1.54) is 25.1 Å². The molecule has 0 fully saturated rings. The smallest absolute Gasteiger partial charge is 0.129 e. The van der Waals surface area contributed by atoms with Gasteiger partial charge in [0.15, 0.2) is 0 Å². The Balaban J connectivity index is 2.52. The van der Waals surface area contributed by atoms with Crippen LogP contribution in [0.25, 0.3) is 0 Å². The molecule has 0 aliphatic carbocycles. The van der Waals surface area contributed by atoms with Crippen LogP contribution in [-0.2, 0) is 0 Å². The molecule has 1 nitrogen and oxygen atoms in total. The Hall–Kier alpha value is -1.81. The first-order chi connectivity index (χ1) is 8.90. The molecule has 0 saturated carbocycles. The molecule has 0 bridgehead atoms. The van der Waals surface area contributed by atoms with E-state index >= 15 is 0 Å². The summed E-state index contributed by atoms with van der Waals surface area (Å²) < 4.78 is 40.8. The summed E-state index contributed by atoms with van der Waals surface area (Å²) in [5.41, 5.74) is 0.524. The van der Waals surface area contributed by atoms with Crippen molar-refractivity contribution in [1.82, 2.24) is 0 Å². The van der Waals surface area contributed by atoms with Gasteiger partial charge in [0.2, 0.25) is 0 Å². The van der Waals surface area contributed by atoms with E-state index in [0.29, 0.717) is 0 Å². The van der Waals surface area contributed by atoms with E-state index in [-0.39, 0.29) is 16.7 Å². The quantitative estimate of drug-likeness (QED) is 0.876. The monoisotopic (exact) mass is 266 g/mol. The summed E-state index contributed by atoms with van der Waals surface area (Å²) in [7, 11) is 0. The van der Waals surface area contributed by atoms with Gasteiger partial charge >= 0.3 is 0 Å². The zero-order valence-corrected chi connectivity index (χ0v) is 10.5. The molecule has 100 valence electrons. The van der Waals surface area contributed by atoms with Crippen molar-refractivity contribution in [2.45, 2.75) is 20.0 Å². The summed E-state index contributed by atoms with van der Waals surface area (Å²) in [6.07, 6.45) is -1.53. The Morgan fingerprint density at radius 3 is 2.16 bits per heavy atom. The molecule has 1 unspecified atom stereocenters. The summed E-state index contributed by atoms with van der Waals surface area (Å²) in [5, 5.41) is 10.0. The van der Waals surface area contributed by atoms with Crippen LogP contribution in [0.2, 0.25) is 0 Å². The van der Waals surface area contributed by atoms with Crippen LogP contribution < -0.4 is 0 Å². The topological polar surface area (TPSA) is 20.2 Å². The van der Waals surface area contributed by atoms with E-state index in [4.69, 9.17) is 0 Å². The highest BCUT2D eigenvalue weighted by atomic mass is 19.1. The normalized spacial score (nSPS) is 12.5. The first-order valence-electron chi connectivity index (χ1n) is 5.80. The number of aliphatic hydroxyl groups excluding tert-OH is 1. The van der Waals surface area contributed by atoms with Crippen molar-refractivity contribution in [3.63, 3.8) is 0 Å². The van der Waals surface area contributed by atoms with Gasteiger partial charge in [0, 0.05) is 11.1 Å². The highest BCUT2D eigenvalue weighted by Gasteiger charge is 2.20. The van der Waals surface area contributed by atoms with Gasteiger partial charge in [-0.3, -0.25) is 0 Å². The largest absolute Gasteiger partial charge is 0.383 e. The number of aliphatic hydroxyl groups is 1. The van der Waals surface area contributed by atoms with Crippen LogP contribution in [0.5, 0.6) is 0 Å². The van der Waals surface area contributed by atoms with Crippen LogP contribution in [0.4, 0.5) is 13.2 Å². The molecule has 0 radical (unpaired) electrons. The van der Waals surface area contributed by atoms with Crippen LogP contribution in [0, 0.1) is 31.3 Å². The van der Waals surface area contributed by atoms with Gasteiger partial charge in [0.25, 0.3) is 0 Å². The number of hydrogen-bond donors (Lipinski definition) is 1. The summed E-state index contributed by atoms with van der Waals surface area (Å²) in [6, 6.07) is 6.03. The first kappa shape index (κ1) is 13.6. The van der Waals surface area contributed by atoms with Gasteiger partial charge in [0.05, 0.1) is 0 Å². The standard InChI is InChI=1S/C15H13F3O/c1-8-3-4-12(16)10(5-8)15(19)11-7-13(17)9(2)6-14(11)18/h3-7,15,19H,1-2H3. The van der Waals surface area contributed by atoms with E-state index in [1.54, 1.807) is 6.92 Å². The van der Waals surface area contributed by atoms with Crippen LogP contribution in [0.3, 0.4) is 0 Å². The fraction of sp³-hybridized carbons (Fsp3) is 0.200. The minimum absolute atomic E-state index is 0.0675. The zero-order chi connectivity index (χ0) is 14.2. The third-order valence-electron chi connectivity index (χ3n) is 3.02. The Morgan fingerprint density at radius 2 is 1.47 bits per heavy atom. The molecule has 2 aromatic carbocycles. The second-order valence-electron chi connectivity index (χ2n) is 4.55. The Bertz CT molecular complexity index is 623. The highest BCUT2D eigenvalue weighted by molar-refractivity contribution is 5.35. The molecular formula is C15H13F3O. The Labute approximate surface area is 109 Å². The van der Waals surface area contributed by atoms with Crippen molar-refractivity contribution >= 4 is 0 Å². The average Bonchev–Trinajstić information content (AvgIpc) is 2.36. The van der Waals surface area contributed by atoms with Crippen molar-refractivity contribution in [3.05, 3.63) is 70.0 Å². The van der Waals surface area contributed by atoms with Crippen LogP contribution in [0.1, 0.15) is 28.4 Å². The molecule has 1 N–H and O–H groups in total. The molecule has 4 heteroatoms. The third-order valence-corrected chi connectivity index (χ3v) is 3.02. The number of benzene rings is 2. The molecule has 2 aromatic rings. The minimum Gasteiger partial charge on any atom is -0.383 e. The van der Waals surface area contributed by atoms with Crippen LogP contribution >= 0.6 is 0 Å². The summed E-state index contributed by atoms with van der Waals surface area (Å²) >= 11 is 0. The molecule has 0 aliphatic heterocycles. The molecule has 0 aliphatic rings. The molecule has 1 atom stereocenters. The van der Waals surface area contributed by atoms with Crippen LogP contribution in [-0.4, -0.2) is 5.11 Å². The maximum absolute atomic E-state index is 13.7. The maximum atomic E-state index is 13.7. The van der Waals surface area contributed by atoms with Crippen molar-refractivity contribution in [2.75, 3.05) is 0 Å². The van der Waals surface area contributed by atoms with E-state index < -0.39 is 23.6 Å². The maximum Gasteiger partial charge on any atom is 0.129 e. The summed E-state index contributed by atoms with van der Waals surface area (Å²) in [5.74, 6) is -2.05. The number of hydrogen-bond acceptors (Lipinski definition) is 1. The van der Waals surface area contributed by atoms with Crippen molar-refractivity contribution in [2.24, 2.45) is 0 Å². The van der Waals surface area contributed by atoms with Gasteiger partial charge in [0.1, 0.15) is 23.6 Å². The fourth-order valence-electron chi connectivity index (χ4n) is 1.91. The number of rotatable bonds is 2. The molecule has 19 heavy (non-hydrogen) atoms. The van der Waals surface area contributed by atoms with Gasteiger partial charge < -0.3 is 5.11 Å². The van der Waals surface area contributed by atoms with Gasteiger partial charge in [-0.1, -0.05) is 17.7 Å². The zero-order valence-electron chi connectivity index (χ0n) is 10.5. The van der Waals surface area contributed by atoms with Crippen molar-refractivity contribution < 1.29 is 18.3 Å². The lowest BCUT2D eigenvalue weighted by atomic mass is 9.98. The summed E-state index contributed by atoms with van der Waals surface area (Å²) in [6.45, 7) is 3.14. The number of halogens is 3. The lowest BCUT2D eigenvalue weighted by Gasteiger charge is -2.15. The van der Waals surface area contributed by atoms with E-state index in [1.807, 2.05) is 0 Å². The SMILES string of the molecule is Cc1ccc(F)c(C(O)c2cc(F)c(C)cc2F)c1. The van der Waals surface area contributed by atoms with E-state index in [2.05, 4.69) is 0 Å². The molecule has 0 aromatic heterocycles. The molecule has 0 heterocycles. The van der Waals surface area contributed by atoms with Crippen molar-refractivity contribution in [1.29, 1.82) is 0 Å². The Morgan fingerprint density at radius 1 is 0.842 bits per heavy atom. The highest BCUT2D eigenvalue weighted by Crippen LogP contribution is 2.28. The van der Waals surface area contributed by atoms with Crippen molar-refractivity contribution in [3.8, 4) is 0 Å². The van der Waals surface area contributed by atoms with Gasteiger partial charge in [-0.05, 0) is 37.6 Å². The first-order valence-corrected chi connectivity index (χ1v) is 5.80. The van der Waals surface area contributed by atoms with Gasteiger partial charge in [-0.25, -0.2) is 13.2 Å². The molecule has 0 saturated heterocycles.